The Morgan fingerprint density at radius 1 is 0.323 bits per heavy atom. The summed E-state index contributed by atoms with van der Waals surface area (Å²) in [6.07, 6.45) is 48.1. The summed E-state index contributed by atoms with van der Waals surface area (Å²) in [7, 11) is 0. The number of carbonyl (C=O) groups excluding carboxylic acids is 3. The standard InChI is InChI=1S/C56H108O6/c1-7-52(6)44-38-32-26-20-16-12-8-9-13-17-21-27-33-39-45-54(57)60-48-53(62-56(59)47-41-35-29-23-25-31-37-43-51(4)5)49-61-55(58)46-40-34-28-22-18-14-10-11-15-19-24-30-36-42-50(2)3/h50-53H,7-49H2,1-6H3/t52?,53-/m0/s1. The molecule has 0 spiro atoms. The van der Waals surface area contributed by atoms with Crippen LogP contribution in [0.2, 0.25) is 0 Å². The van der Waals surface area contributed by atoms with Crippen LogP contribution in [0, 0.1) is 17.8 Å². The maximum absolute atomic E-state index is 12.8. The summed E-state index contributed by atoms with van der Waals surface area (Å²) in [5.74, 6) is 1.66. The quantitative estimate of drug-likeness (QED) is 0.0344. The molecule has 0 aliphatic rings. The predicted octanol–water partition coefficient (Wildman–Crippen LogP) is 17.9. The monoisotopic (exact) mass is 877 g/mol. The Labute approximate surface area is 387 Å². The van der Waals surface area contributed by atoms with Crippen LogP contribution in [0.15, 0.2) is 0 Å². The lowest BCUT2D eigenvalue weighted by Crippen LogP contribution is -2.30. The maximum atomic E-state index is 12.8. The van der Waals surface area contributed by atoms with Gasteiger partial charge < -0.3 is 14.2 Å². The highest BCUT2D eigenvalue weighted by atomic mass is 16.6. The van der Waals surface area contributed by atoms with Crippen LogP contribution in [0.4, 0.5) is 0 Å². The number of ether oxygens (including phenoxy) is 3. The van der Waals surface area contributed by atoms with E-state index in [1.807, 2.05) is 0 Å². The molecule has 0 aliphatic carbocycles. The maximum Gasteiger partial charge on any atom is 0.306 e. The van der Waals surface area contributed by atoms with Gasteiger partial charge in [-0.15, -0.1) is 0 Å². The van der Waals surface area contributed by atoms with Crippen LogP contribution in [-0.2, 0) is 28.6 Å². The minimum atomic E-state index is -0.763. The van der Waals surface area contributed by atoms with Gasteiger partial charge >= 0.3 is 17.9 Å². The van der Waals surface area contributed by atoms with Crippen molar-refractivity contribution < 1.29 is 28.6 Å². The summed E-state index contributed by atoms with van der Waals surface area (Å²) in [6, 6.07) is 0. The number of rotatable bonds is 49. The SMILES string of the molecule is CCC(C)CCCCCCCCCCCCCCCCC(=O)OC[C@@H](COC(=O)CCCCCCCCCCCCCCCC(C)C)OC(=O)CCCCCCCCCC(C)C. The first-order chi connectivity index (χ1) is 30.1. The first kappa shape index (κ1) is 60.4. The normalized spacial score (nSPS) is 12.6. The molecule has 0 saturated carbocycles. The first-order valence-electron chi connectivity index (χ1n) is 27.6. The van der Waals surface area contributed by atoms with Crippen LogP contribution in [0.1, 0.15) is 305 Å². The molecule has 0 amide bonds. The van der Waals surface area contributed by atoms with E-state index in [1.54, 1.807) is 0 Å². The van der Waals surface area contributed by atoms with Crippen molar-refractivity contribution in [2.45, 2.75) is 311 Å². The van der Waals surface area contributed by atoms with E-state index in [-0.39, 0.29) is 31.1 Å². The molecule has 6 nitrogen and oxygen atoms in total. The van der Waals surface area contributed by atoms with Crippen LogP contribution in [0.25, 0.3) is 0 Å². The van der Waals surface area contributed by atoms with E-state index in [9.17, 15) is 14.4 Å². The van der Waals surface area contributed by atoms with Crippen LogP contribution in [0.5, 0.6) is 0 Å². The molecule has 0 fully saturated rings. The van der Waals surface area contributed by atoms with Crippen molar-refractivity contribution in [2.24, 2.45) is 17.8 Å². The summed E-state index contributed by atoms with van der Waals surface area (Å²) in [6.45, 7) is 13.7. The van der Waals surface area contributed by atoms with E-state index in [0.717, 1.165) is 75.5 Å². The zero-order valence-electron chi connectivity index (χ0n) is 42.7. The number of carbonyl (C=O) groups is 3. The minimum Gasteiger partial charge on any atom is -0.462 e. The molecule has 368 valence electrons. The van der Waals surface area contributed by atoms with E-state index in [4.69, 9.17) is 14.2 Å². The fraction of sp³-hybridized carbons (Fsp3) is 0.946. The highest BCUT2D eigenvalue weighted by molar-refractivity contribution is 5.71. The van der Waals surface area contributed by atoms with Gasteiger partial charge in [-0.2, -0.15) is 0 Å². The second kappa shape index (κ2) is 47.4. The third-order valence-corrected chi connectivity index (χ3v) is 13.0. The van der Waals surface area contributed by atoms with E-state index in [2.05, 4.69) is 41.5 Å². The molecule has 1 unspecified atom stereocenters. The Hall–Kier alpha value is -1.59. The zero-order valence-corrected chi connectivity index (χ0v) is 42.7. The average Bonchev–Trinajstić information content (AvgIpc) is 3.24. The van der Waals surface area contributed by atoms with Gasteiger partial charge in [-0.05, 0) is 37.0 Å². The predicted molar refractivity (Wildman–Crippen MR) is 266 cm³/mol. The molecular formula is C56H108O6. The van der Waals surface area contributed by atoms with Crippen molar-refractivity contribution in [3.63, 3.8) is 0 Å². The Morgan fingerprint density at radius 2 is 0.565 bits per heavy atom. The number of unbranched alkanes of at least 4 members (excludes halogenated alkanes) is 31. The highest BCUT2D eigenvalue weighted by Crippen LogP contribution is 2.18. The summed E-state index contributed by atoms with van der Waals surface area (Å²) in [5.41, 5.74) is 0. The van der Waals surface area contributed by atoms with E-state index in [1.165, 1.54) is 186 Å². The summed E-state index contributed by atoms with van der Waals surface area (Å²) < 4.78 is 16.8. The van der Waals surface area contributed by atoms with Crippen LogP contribution < -0.4 is 0 Å². The Morgan fingerprint density at radius 3 is 0.839 bits per heavy atom. The molecule has 0 heterocycles. The minimum absolute atomic E-state index is 0.0647. The molecule has 0 aromatic carbocycles. The topological polar surface area (TPSA) is 78.9 Å². The number of hydrogen-bond acceptors (Lipinski definition) is 6. The third-order valence-electron chi connectivity index (χ3n) is 13.0. The molecule has 2 atom stereocenters. The smallest absolute Gasteiger partial charge is 0.306 e. The van der Waals surface area contributed by atoms with Crippen LogP contribution >= 0.6 is 0 Å². The molecule has 0 N–H and O–H groups in total. The van der Waals surface area contributed by atoms with Gasteiger partial charge in [0.05, 0.1) is 0 Å². The van der Waals surface area contributed by atoms with Gasteiger partial charge in [0, 0.05) is 19.3 Å². The molecule has 0 saturated heterocycles. The lowest BCUT2D eigenvalue weighted by atomic mass is 9.99. The van der Waals surface area contributed by atoms with Crippen molar-refractivity contribution in [2.75, 3.05) is 13.2 Å². The first-order valence-corrected chi connectivity index (χ1v) is 27.6. The van der Waals surface area contributed by atoms with Gasteiger partial charge in [0.1, 0.15) is 13.2 Å². The zero-order chi connectivity index (χ0) is 45.6. The summed E-state index contributed by atoms with van der Waals surface area (Å²) in [5, 5.41) is 0. The molecule has 0 bridgehead atoms. The van der Waals surface area contributed by atoms with Gasteiger partial charge in [-0.25, -0.2) is 0 Å². The summed E-state index contributed by atoms with van der Waals surface area (Å²) >= 11 is 0. The second-order valence-corrected chi connectivity index (χ2v) is 20.4. The van der Waals surface area contributed by atoms with Crippen molar-refractivity contribution in [3.8, 4) is 0 Å². The molecule has 0 radical (unpaired) electrons. The van der Waals surface area contributed by atoms with Gasteiger partial charge in [-0.3, -0.25) is 14.4 Å². The average molecular weight is 877 g/mol. The lowest BCUT2D eigenvalue weighted by Gasteiger charge is -2.18. The van der Waals surface area contributed by atoms with E-state index in [0.29, 0.717) is 19.3 Å². The number of hydrogen-bond donors (Lipinski definition) is 0. The lowest BCUT2D eigenvalue weighted by molar-refractivity contribution is -0.167. The largest absolute Gasteiger partial charge is 0.462 e. The molecule has 62 heavy (non-hydrogen) atoms. The van der Waals surface area contributed by atoms with Crippen LogP contribution in [-0.4, -0.2) is 37.2 Å². The molecule has 0 aromatic rings. The Bertz CT molecular complexity index is 962. The Kier molecular flexibility index (Phi) is 46.2. The fourth-order valence-corrected chi connectivity index (χ4v) is 8.44. The summed E-state index contributed by atoms with van der Waals surface area (Å²) in [4.78, 5) is 38.0. The van der Waals surface area contributed by atoms with Crippen LogP contribution in [0.3, 0.4) is 0 Å². The second-order valence-electron chi connectivity index (χ2n) is 20.4. The molecule has 0 aromatic heterocycles. The van der Waals surface area contributed by atoms with Crippen molar-refractivity contribution >= 4 is 17.9 Å². The third kappa shape index (κ3) is 47.9. The van der Waals surface area contributed by atoms with Crippen molar-refractivity contribution in [1.82, 2.24) is 0 Å². The van der Waals surface area contributed by atoms with Gasteiger partial charge in [-0.1, -0.05) is 266 Å². The van der Waals surface area contributed by atoms with E-state index < -0.39 is 6.10 Å². The Balaban J connectivity index is 4.24. The molecule has 0 aliphatic heterocycles. The molecule has 6 heteroatoms. The van der Waals surface area contributed by atoms with Gasteiger partial charge in [0.2, 0.25) is 0 Å². The number of esters is 3. The van der Waals surface area contributed by atoms with Gasteiger partial charge in [0.15, 0.2) is 6.10 Å². The molecule has 0 rings (SSSR count). The van der Waals surface area contributed by atoms with Gasteiger partial charge in [0.25, 0.3) is 0 Å². The fourth-order valence-electron chi connectivity index (χ4n) is 8.44. The van der Waals surface area contributed by atoms with Crippen molar-refractivity contribution in [3.05, 3.63) is 0 Å². The molecular weight excluding hydrogens is 769 g/mol. The van der Waals surface area contributed by atoms with Crippen molar-refractivity contribution in [1.29, 1.82) is 0 Å². The van der Waals surface area contributed by atoms with E-state index >= 15 is 0 Å². The highest BCUT2D eigenvalue weighted by Gasteiger charge is 2.19.